The molecule has 0 aromatic carbocycles. The quantitative estimate of drug-likeness (QED) is 0.546. The third kappa shape index (κ3) is 3.40. The average Bonchev–Trinajstić information content (AvgIpc) is 3.01. The van der Waals surface area contributed by atoms with Crippen molar-refractivity contribution in [2.45, 2.75) is 96.9 Å². The van der Waals surface area contributed by atoms with Crippen LogP contribution in [0.1, 0.15) is 79.6 Å². The van der Waals surface area contributed by atoms with Gasteiger partial charge in [-0.25, -0.2) is 9.18 Å². The SMILES string of the molecule is CCCOC(=O)[C@@]1(OC(=O)CCC)[C@@H](C)CC2C3CCC4=CC(=O)C=CC4(C)C3(F)[C@@H](O)CC21C. The standard InChI is InChI=1S/C28H39FO6/c1-6-8-23(32)35-28(24(33)34-13-7-2)17(3)14-21-20-10-9-18-15-19(30)11-12-25(18,4)27(20,29)22(31)16-26(21,28)5/h11-12,15,17,20-22,31H,6-10,13-14,16H2,1-5H3/t17-,20?,21?,22-,25?,26?,27?,28-/m0/s1. The van der Waals surface area contributed by atoms with Crippen LogP contribution in [0.4, 0.5) is 4.39 Å². The van der Waals surface area contributed by atoms with Crippen LogP contribution in [0.25, 0.3) is 0 Å². The molecule has 1 N–H and O–H groups in total. The maximum atomic E-state index is 17.4. The predicted molar refractivity (Wildman–Crippen MR) is 128 cm³/mol. The average molecular weight is 491 g/mol. The summed E-state index contributed by atoms with van der Waals surface area (Å²) < 4.78 is 29.0. The molecule has 0 aliphatic heterocycles. The fourth-order valence-electron chi connectivity index (χ4n) is 7.96. The van der Waals surface area contributed by atoms with Gasteiger partial charge in [-0.15, -0.1) is 0 Å². The number of fused-ring (bicyclic) bond motifs is 5. The second-order valence-corrected chi connectivity index (χ2v) is 11.5. The molecule has 194 valence electrons. The van der Waals surface area contributed by atoms with Gasteiger partial charge >= 0.3 is 11.9 Å². The van der Waals surface area contributed by atoms with Gasteiger partial charge in [0.2, 0.25) is 5.60 Å². The first-order valence-corrected chi connectivity index (χ1v) is 13.1. The molecule has 0 bridgehead atoms. The number of carbonyl (C=O) groups excluding carboxylic acids is 3. The Hall–Kier alpha value is -2.02. The number of hydrogen-bond acceptors (Lipinski definition) is 6. The van der Waals surface area contributed by atoms with E-state index in [1.165, 1.54) is 12.2 Å². The van der Waals surface area contributed by atoms with Gasteiger partial charge in [-0.1, -0.05) is 39.3 Å². The summed E-state index contributed by atoms with van der Waals surface area (Å²) >= 11 is 0. The van der Waals surface area contributed by atoms with Crippen molar-refractivity contribution in [1.29, 1.82) is 0 Å². The molecule has 35 heavy (non-hydrogen) atoms. The lowest BCUT2D eigenvalue weighted by Gasteiger charge is -2.62. The van der Waals surface area contributed by atoms with Crippen LogP contribution in [0, 0.1) is 28.6 Å². The van der Waals surface area contributed by atoms with Gasteiger partial charge in [-0.2, -0.15) is 0 Å². The van der Waals surface area contributed by atoms with Crippen molar-refractivity contribution in [2.75, 3.05) is 6.61 Å². The van der Waals surface area contributed by atoms with Crippen molar-refractivity contribution < 1.29 is 33.4 Å². The molecule has 0 saturated heterocycles. The third-order valence-corrected chi connectivity index (χ3v) is 9.65. The molecule has 8 atom stereocenters. The Labute approximate surface area is 207 Å². The van der Waals surface area contributed by atoms with Crippen LogP contribution in [-0.4, -0.2) is 46.8 Å². The fourth-order valence-corrected chi connectivity index (χ4v) is 7.96. The number of allylic oxidation sites excluding steroid dienone is 4. The summed E-state index contributed by atoms with van der Waals surface area (Å²) in [6.45, 7) is 9.46. The molecular weight excluding hydrogens is 451 g/mol. The highest BCUT2D eigenvalue weighted by Gasteiger charge is 2.78. The van der Waals surface area contributed by atoms with E-state index in [4.69, 9.17) is 9.47 Å². The van der Waals surface area contributed by atoms with Crippen molar-refractivity contribution in [3.8, 4) is 0 Å². The Morgan fingerprint density at radius 1 is 1.20 bits per heavy atom. The zero-order valence-corrected chi connectivity index (χ0v) is 21.6. The number of rotatable bonds is 6. The van der Waals surface area contributed by atoms with E-state index in [0.717, 1.165) is 0 Å². The zero-order valence-electron chi connectivity index (χ0n) is 21.6. The maximum absolute atomic E-state index is 17.4. The molecule has 0 radical (unpaired) electrons. The molecule has 0 aromatic rings. The largest absolute Gasteiger partial charge is 0.463 e. The smallest absolute Gasteiger partial charge is 0.351 e. The van der Waals surface area contributed by atoms with Gasteiger partial charge in [0.25, 0.3) is 0 Å². The number of carbonyl (C=O) groups is 3. The molecule has 4 rings (SSSR count). The molecular formula is C28H39FO6. The number of aliphatic hydroxyl groups excluding tert-OH is 1. The van der Waals surface area contributed by atoms with Crippen LogP contribution >= 0.6 is 0 Å². The highest BCUT2D eigenvalue weighted by atomic mass is 19.1. The third-order valence-electron chi connectivity index (χ3n) is 9.65. The van der Waals surface area contributed by atoms with E-state index in [0.29, 0.717) is 37.7 Å². The number of halogens is 1. The second-order valence-electron chi connectivity index (χ2n) is 11.5. The Balaban J connectivity index is 1.81. The van der Waals surface area contributed by atoms with Gasteiger partial charge in [0.1, 0.15) is 0 Å². The summed E-state index contributed by atoms with van der Waals surface area (Å²) in [4.78, 5) is 38.5. The number of aliphatic hydroxyl groups is 1. The van der Waals surface area contributed by atoms with Crippen LogP contribution in [-0.2, 0) is 23.9 Å². The molecule has 0 aromatic heterocycles. The lowest BCUT2D eigenvalue weighted by Crippen LogP contribution is -2.70. The van der Waals surface area contributed by atoms with Gasteiger partial charge in [0, 0.05) is 29.1 Å². The number of hydrogen-bond donors (Lipinski definition) is 1. The fraction of sp³-hybridized carbons (Fsp3) is 0.750. The van der Waals surface area contributed by atoms with E-state index in [2.05, 4.69) is 0 Å². The highest BCUT2D eigenvalue weighted by molar-refractivity contribution is 6.01. The van der Waals surface area contributed by atoms with Gasteiger partial charge < -0.3 is 14.6 Å². The van der Waals surface area contributed by atoms with E-state index in [1.54, 1.807) is 13.0 Å². The Morgan fingerprint density at radius 2 is 1.91 bits per heavy atom. The zero-order chi connectivity index (χ0) is 25.8. The number of ether oxygens (including phenoxy) is 2. The molecule has 0 spiro atoms. The van der Waals surface area contributed by atoms with Crippen LogP contribution in [0.3, 0.4) is 0 Å². The Bertz CT molecular complexity index is 972. The number of esters is 2. The molecule has 6 nitrogen and oxygen atoms in total. The van der Waals surface area contributed by atoms with E-state index >= 15 is 4.39 Å². The second kappa shape index (κ2) is 8.82. The topological polar surface area (TPSA) is 89.9 Å². The van der Waals surface area contributed by atoms with Gasteiger partial charge in [-0.05, 0) is 63.5 Å². The van der Waals surface area contributed by atoms with Crippen molar-refractivity contribution in [2.24, 2.45) is 28.6 Å². The molecule has 4 aliphatic carbocycles. The van der Waals surface area contributed by atoms with Crippen LogP contribution in [0.5, 0.6) is 0 Å². The number of alkyl halides is 1. The van der Waals surface area contributed by atoms with Crippen molar-refractivity contribution in [3.63, 3.8) is 0 Å². The molecule has 7 heteroatoms. The lowest BCUT2D eigenvalue weighted by atomic mass is 9.44. The first kappa shape index (κ1) is 26.1. The van der Waals surface area contributed by atoms with Crippen molar-refractivity contribution in [3.05, 3.63) is 23.8 Å². The van der Waals surface area contributed by atoms with E-state index in [1.807, 2.05) is 27.7 Å². The summed E-state index contributed by atoms with van der Waals surface area (Å²) in [6, 6.07) is 0. The maximum Gasteiger partial charge on any atom is 0.351 e. The first-order chi connectivity index (χ1) is 16.4. The Morgan fingerprint density at radius 3 is 2.57 bits per heavy atom. The first-order valence-electron chi connectivity index (χ1n) is 13.1. The van der Waals surface area contributed by atoms with E-state index in [9.17, 15) is 19.5 Å². The minimum atomic E-state index is -2.00. The van der Waals surface area contributed by atoms with E-state index < -0.39 is 52.0 Å². The van der Waals surface area contributed by atoms with Crippen molar-refractivity contribution in [1.82, 2.24) is 0 Å². The molecule has 3 fully saturated rings. The van der Waals surface area contributed by atoms with Crippen LogP contribution < -0.4 is 0 Å². The minimum absolute atomic E-state index is 0.0414. The molecule has 5 unspecified atom stereocenters. The van der Waals surface area contributed by atoms with Crippen LogP contribution in [0.2, 0.25) is 0 Å². The van der Waals surface area contributed by atoms with Gasteiger partial charge in [0.05, 0.1) is 12.7 Å². The predicted octanol–water partition coefficient (Wildman–Crippen LogP) is 4.64. The number of ketones is 1. The van der Waals surface area contributed by atoms with E-state index in [-0.39, 0.29) is 31.1 Å². The summed E-state index contributed by atoms with van der Waals surface area (Å²) in [6.07, 6.45) is 5.91. The van der Waals surface area contributed by atoms with Crippen LogP contribution in [0.15, 0.2) is 23.8 Å². The van der Waals surface area contributed by atoms with Gasteiger partial charge in [0.15, 0.2) is 11.5 Å². The lowest BCUT2D eigenvalue weighted by molar-refractivity contribution is -0.236. The Kier molecular flexibility index (Phi) is 6.57. The molecule has 0 amide bonds. The minimum Gasteiger partial charge on any atom is -0.463 e. The summed E-state index contributed by atoms with van der Waals surface area (Å²) in [5.74, 6) is -2.50. The highest BCUT2D eigenvalue weighted by Crippen LogP contribution is 2.71. The summed E-state index contributed by atoms with van der Waals surface area (Å²) in [5, 5.41) is 11.5. The molecule has 3 saturated carbocycles. The monoisotopic (exact) mass is 490 g/mol. The summed E-state index contributed by atoms with van der Waals surface area (Å²) in [7, 11) is 0. The summed E-state index contributed by atoms with van der Waals surface area (Å²) in [5.41, 5.74) is -4.99. The normalized spacial score (nSPS) is 44.1. The molecule has 0 heterocycles. The van der Waals surface area contributed by atoms with Gasteiger partial charge in [-0.3, -0.25) is 9.59 Å². The molecule has 4 aliphatic rings. The van der Waals surface area contributed by atoms with Crippen molar-refractivity contribution >= 4 is 17.7 Å².